The summed E-state index contributed by atoms with van der Waals surface area (Å²) in [6, 6.07) is 0. The lowest BCUT2D eigenvalue weighted by atomic mass is 9.48. The molecule has 0 bridgehead atoms. The molecule has 0 heterocycles. The maximum Gasteiger partial charge on any atom is 0.303 e. The van der Waals surface area contributed by atoms with Crippen LogP contribution in [-0.2, 0) is 19.1 Å². The van der Waals surface area contributed by atoms with Crippen LogP contribution in [0.3, 0.4) is 0 Å². The average Bonchev–Trinajstić information content (AvgIpc) is 2.93. The molecule has 0 aliphatic heterocycles. The van der Waals surface area contributed by atoms with Gasteiger partial charge in [-0.1, -0.05) is 13.8 Å². The molecule has 3 aliphatic carbocycles. The summed E-state index contributed by atoms with van der Waals surface area (Å²) in [5, 5.41) is 9.15. The Morgan fingerprint density at radius 2 is 1.89 bits per heavy atom. The number of hydrogen-bond donors (Lipinski definition) is 1. The fraction of sp³-hybridized carbons (Fsp3) is 0.864. The van der Waals surface area contributed by atoms with E-state index in [0.29, 0.717) is 36.5 Å². The van der Waals surface area contributed by atoms with Gasteiger partial charge in [-0.2, -0.15) is 0 Å². The van der Waals surface area contributed by atoms with Crippen molar-refractivity contribution in [1.29, 1.82) is 0 Å². The highest BCUT2D eigenvalue weighted by Gasteiger charge is 2.60. The Hall–Kier alpha value is -1.39. The van der Waals surface area contributed by atoms with Gasteiger partial charge in [0.05, 0.1) is 0 Å². The van der Waals surface area contributed by atoms with Crippen LogP contribution in [0.4, 0.5) is 0 Å². The van der Waals surface area contributed by atoms with E-state index in [1.807, 2.05) is 13.8 Å². The van der Waals surface area contributed by atoms with E-state index in [2.05, 4.69) is 6.92 Å². The molecule has 0 radical (unpaired) electrons. The molecule has 3 fully saturated rings. The summed E-state index contributed by atoms with van der Waals surface area (Å²) in [5.41, 5.74) is -0.355. The number of carbonyl (C=O) groups is 3. The predicted octanol–water partition coefficient (Wildman–Crippen LogP) is 4.23. The number of Topliss-reactive ketones (excluding diaryl/α,β-unsaturated/α-hetero) is 1. The number of fused-ring (bicyclic) bond motifs is 3. The minimum atomic E-state index is -0.817. The maximum absolute atomic E-state index is 12.8. The van der Waals surface area contributed by atoms with Crippen molar-refractivity contribution in [1.82, 2.24) is 0 Å². The average molecular weight is 379 g/mol. The fourth-order valence-electron chi connectivity index (χ4n) is 7.12. The molecule has 0 aromatic heterocycles. The van der Waals surface area contributed by atoms with Gasteiger partial charge in [0, 0.05) is 31.1 Å². The third-order valence-electron chi connectivity index (χ3n) is 8.45. The number of ketones is 1. The quantitative estimate of drug-likeness (QED) is 0.724. The van der Waals surface area contributed by atoms with Crippen LogP contribution in [0.15, 0.2) is 0 Å². The SMILES string of the molecule is CC(=O)O[C@H](C)[C@@H]1CC[C@@H]2[C@@H]3CCC(=O)[C@](C)(CCC(=O)O)[C@@H]3CC[C@@]21C. The minimum absolute atomic E-state index is 0.0690. The van der Waals surface area contributed by atoms with E-state index in [1.165, 1.54) is 6.92 Å². The topological polar surface area (TPSA) is 80.7 Å². The van der Waals surface area contributed by atoms with Crippen molar-refractivity contribution >= 4 is 17.7 Å². The van der Waals surface area contributed by atoms with Gasteiger partial charge in [0.15, 0.2) is 0 Å². The molecule has 0 amide bonds. The van der Waals surface area contributed by atoms with Crippen molar-refractivity contribution in [3.8, 4) is 0 Å². The first-order valence-corrected chi connectivity index (χ1v) is 10.5. The molecule has 0 saturated heterocycles. The summed E-state index contributed by atoms with van der Waals surface area (Å²) < 4.78 is 5.55. The Kier molecular flexibility index (Phi) is 5.44. The lowest BCUT2D eigenvalue weighted by Crippen LogP contribution is -2.53. The van der Waals surface area contributed by atoms with Crippen molar-refractivity contribution in [3.05, 3.63) is 0 Å². The normalized spacial score (nSPS) is 42.1. The minimum Gasteiger partial charge on any atom is -0.481 e. The van der Waals surface area contributed by atoms with Crippen molar-refractivity contribution in [2.45, 2.75) is 85.2 Å². The van der Waals surface area contributed by atoms with E-state index in [1.54, 1.807) is 0 Å². The van der Waals surface area contributed by atoms with Crippen LogP contribution >= 0.6 is 0 Å². The fourth-order valence-corrected chi connectivity index (χ4v) is 7.12. The van der Waals surface area contributed by atoms with Crippen molar-refractivity contribution in [3.63, 3.8) is 0 Å². The standard InChI is InChI=1S/C22H34O5/c1-13(27-14(2)23)16-6-7-17-15-5-8-19(24)22(4,12-10-20(25)26)18(15)9-11-21(16,17)3/h13,15-18H,5-12H2,1-4H3,(H,25,26)/t13-,15+,16+,17-,18-,21-,22-/m1/s1. The molecule has 0 spiro atoms. The first-order chi connectivity index (χ1) is 12.6. The molecule has 0 unspecified atom stereocenters. The van der Waals surface area contributed by atoms with Crippen LogP contribution < -0.4 is 0 Å². The van der Waals surface area contributed by atoms with Gasteiger partial charge in [-0.05, 0) is 68.6 Å². The largest absolute Gasteiger partial charge is 0.481 e. The molecule has 27 heavy (non-hydrogen) atoms. The van der Waals surface area contributed by atoms with E-state index < -0.39 is 11.4 Å². The summed E-state index contributed by atoms with van der Waals surface area (Å²) in [6.45, 7) is 7.87. The summed E-state index contributed by atoms with van der Waals surface area (Å²) in [7, 11) is 0. The zero-order chi connectivity index (χ0) is 20.0. The molecular weight excluding hydrogens is 344 g/mol. The van der Waals surface area contributed by atoms with E-state index in [9.17, 15) is 14.4 Å². The molecule has 3 aliphatic rings. The van der Waals surface area contributed by atoms with Crippen molar-refractivity contribution < 1.29 is 24.2 Å². The number of hydrogen-bond acceptors (Lipinski definition) is 4. The summed E-state index contributed by atoms with van der Waals surface area (Å²) >= 11 is 0. The van der Waals surface area contributed by atoms with E-state index in [4.69, 9.17) is 9.84 Å². The Morgan fingerprint density at radius 3 is 2.52 bits per heavy atom. The van der Waals surface area contributed by atoms with Gasteiger partial charge in [-0.25, -0.2) is 0 Å². The number of esters is 1. The van der Waals surface area contributed by atoms with Gasteiger partial charge < -0.3 is 9.84 Å². The van der Waals surface area contributed by atoms with E-state index in [0.717, 1.165) is 32.1 Å². The van der Waals surface area contributed by atoms with Crippen LogP contribution in [-0.4, -0.2) is 28.9 Å². The van der Waals surface area contributed by atoms with Gasteiger partial charge in [-0.3, -0.25) is 14.4 Å². The van der Waals surface area contributed by atoms with E-state index >= 15 is 0 Å². The van der Waals surface area contributed by atoms with Crippen LogP contribution in [0.25, 0.3) is 0 Å². The summed E-state index contributed by atoms with van der Waals surface area (Å²) in [6.07, 6.45) is 6.16. The van der Waals surface area contributed by atoms with Gasteiger partial charge in [0.25, 0.3) is 0 Å². The summed E-state index contributed by atoms with van der Waals surface area (Å²) in [4.78, 5) is 35.4. The maximum atomic E-state index is 12.8. The van der Waals surface area contributed by atoms with Crippen LogP contribution in [0, 0.1) is 34.5 Å². The first-order valence-electron chi connectivity index (χ1n) is 10.5. The molecule has 5 heteroatoms. The van der Waals surface area contributed by atoms with Gasteiger partial charge in [0.1, 0.15) is 11.9 Å². The Balaban J connectivity index is 1.82. The van der Waals surface area contributed by atoms with Crippen LogP contribution in [0.1, 0.15) is 79.1 Å². The number of carboxylic acid groups (broad SMARTS) is 1. The number of ether oxygens (including phenoxy) is 1. The number of carboxylic acids is 1. The molecule has 152 valence electrons. The second-order valence-electron chi connectivity index (χ2n) is 9.69. The van der Waals surface area contributed by atoms with Crippen LogP contribution in [0.5, 0.6) is 0 Å². The highest BCUT2D eigenvalue weighted by molar-refractivity contribution is 5.86. The molecule has 0 aromatic carbocycles. The zero-order valence-corrected chi connectivity index (χ0v) is 17.1. The molecular formula is C22H34O5. The van der Waals surface area contributed by atoms with Crippen molar-refractivity contribution in [2.24, 2.45) is 34.5 Å². The molecule has 3 rings (SSSR count). The third-order valence-corrected chi connectivity index (χ3v) is 8.45. The second-order valence-corrected chi connectivity index (χ2v) is 9.69. The molecule has 3 saturated carbocycles. The second kappa shape index (κ2) is 7.21. The van der Waals surface area contributed by atoms with Gasteiger partial charge in [0.2, 0.25) is 0 Å². The molecule has 0 aromatic rings. The molecule has 7 atom stereocenters. The number of carbonyl (C=O) groups excluding carboxylic acids is 2. The highest BCUT2D eigenvalue weighted by atomic mass is 16.5. The van der Waals surface area contributed by atoms with Gasteiger partial charge >= 0.3 is 11.9 Å². The van der Waals surface area contributed by atoms with Crippen molar-refractivity contribution in [2.75, 3.05) is 0 Å². The number of aliphatic carboxylic acids is 1. The van der Waals surface area contributed by atoms with Crippen LogP contribution in [0.2, 0.25) is 0 Å². The third kappa shape index (κ3) is 3.42. The zero-order valence-electron chi connectivity index (χ0n) is 17.1. The number of rotatable bonds is 5. The smallest absolute Gasteiger partial charge is 0.303 e. The Bertz CT molecular complexity index is 628. The van der Waals surface area contributed by atoms with E-state index in [-0.39, 0.29) is 29.7 Å². The molecule has 1 N–H and O–H groups in total. The van der Waals surface area contributed by atoms with Gasteiger partial charge in [-0.15, -0.1) is 0 Å². The lowest BCUT2D eigenvalue weighted by Gasteiger charge is -2.56. The Morgan fingerprint density at radius 1 is 1.19 bits per heavy atom. The predicted molar refractivity (Wildman–Crippen MR) is 101 cm³/mol. The lowest BCUT2D eigenvalue weighted by molar-refractivity contribution is -0.157. The monoisotopic (exact) mass is 378 g/mol. The Labute approximate surface area is 162 Å². The molecule has 5 nitrogen and oxygen atoms in total. The first kappa shape index (κ1) is 20.3. The highest BCUT2D eigenvalue weighted by Crippen LogP contribution is 2.65. The summed E-state index contributed by atoms with van der Waals surface area (Å²) in [5.74, 6) is 0.910.